The number of nitrogens with zero attached hydrogens (tertiary/aromatic N) is 7. The van der Waals surface area contributed by atoms with Crippen molar-refractivity contribution in [3.05, 3.63) is 239 Å². The normalized spacial score (nSPS) is 18.5. The van der Waals surface area contributed by atoms with Gasteiger partial charge in [0.05, 0.1) is 60.4 Å². The van der Waals surface area contributed by atoms with E-state index in [1.165, 1.54) is 46.6 Å². The quantitative estimate of drug-likeness (QED) is 0.0121. The Balaban J connectivity index is 0.000000170. The van der Waals surface area contributed by atoms with E-state index in [4.69, 9.17) is 28.5 Å². The minimum atomic E-state index is -0.762. The van der Waals surface area contributed by atoms with Crippen LogP contribution in [0.15, 0.2) is 213 Å². The molecule has 5 fully saturated rings. The smallest absolute Gasteiger partial charge is 0.299 e. The molecule has 0 spiro atoms. The van der Waals surface area contributed by atoms with Crippen LogP contribution >= 0.6 is 0 Å². The molecule has 3 unspecified atom stereocenters. The van der Waals surface area contributed by atoms with Crippen LogP contribution in [-0.4, -0.2) is 158 Å². The Bertz CT molecular complexity index is 5060. The van der Waals surface area contributed by atoms with Gasteiger partial charge in [0, 0.05) is 113 Å². The van der Waals surface area contributed by atoms with E-state index in [-0.39, 0.29) is 109 Å². The second-order valence-corrected chi connectivity index (χ2v) is 28.6. The summed E-state index contributed by atoms with van der Waals surface area (Å²) in [5.74, 6) is -3.69. The van der Waals surface area contributed by atoms with E-state index in [9.17, 15) is 53.7 Å². The molecule has 9 aromatic rings. The van der Waals surface area contributed by atoms with Gasteiger partial charge in [-0.05, 0) is 128 Å². The van der Waals surface area contributed by atoms with Gasteiger partial charge in [-0.3, -0.25) is 48.2 Å². The summed E-state index contributed by atoms with van der Waals surface area (Å²) in [6, 6.07) is 42.8. The molecule has 116 heavy (non-hydrogen) atoms. The number of ketones is 3. The van der Waals surface area contributed by atoms with Gasteiger partial charge in [0.1, 0.15) is 41.2 Å². The summed E-state index contributed by atoms with van der Waals surface area (Å²) in [5, 5.41) is 71.7. The number of amides is 5. The molecule has 27 heteroatoms. The van der Waals surface area contributed by atoms with E-state index in [1.807, 2.05) is 55.1 Å². The first kappa shape index (κ1) is 84.2. The van der Waals surface area contributed by atoms with Gasteiger partial charge < -0.3 is 64.7 Å². The molecule has 0 radical (unpaired) electrons. The standard InChI is InChI=1S/C30H31N3O6.C30H31N3O5.C28H30N4O6.CH4/c1-38-18-16-31-29(36)22-9-7-21(8-10-22)27(34)25-26(20-5-3-2-4-6-20)33(30(37)28(25)35)23-13-11-19(12-14-23)24-15-17-39-32-24;1-19-28(35)26(29(36)22-7-9-23(10-8-22)30(37)31-16-17-34)27(21-5-3-2-4-6-21)33(19)24-13-11-20(12-14-24)25-15-18-38-32-25;1-4-17(5-2)23-22(24(34)18-6-8-20(9-7-18)27(36)29-14-15-33)25(35)28(37)32(23)21-12-10-19(11-13-21)26-30-16(3)38-31-26;/h7-15,17,20,26,34H,2-6,16,18H2,1H3,(H,31,36);7-15,18,21,27,34,36H,1-6,16-17H2,(H,31,37);6-13,17,23,33-34H,4-5,14-15H2,1-3H3,(H,29,36);1H4. The lowest BCUT2D eigenvalue weighted by molar-refractivity contribution is -0.132. The maximum absolute atomic E-state index is 13.6. The number of rotatable bonds is 24. The molecule has 2 saturated carbocycles. The Morgan fingerprint density at radius 3 is 1.25 bits per heavy atom. The average molecular weight is 1580 g/mol. The van der Waals surface area contributed by atoms with Gasteiger partial charge >= 0.3 is 0 Å². The first-order valence-electron chi connectivity index (χ1n) is 38.7. The van der Waals surface area contributed by atoms with Crippen LogP contribution in [0.2, 0.25) is 0 Å². The van der Waals surface area contributed by atoms with Gasteiger partial charge in [-0.1, -0.05) is 155 Å². The van der Waals surface area contributed by atoms with Gasteiger partial charge in [-0.2, -0.15) is 4.98 Å². The summed E-state index contributed by atoms with van der Waals surface area (Å²) in [5.41, 5.74) is 8.89. The Labute approximate surface area is 671 Å². The van der Waals surface area contributed by atoms with Crippen LogP contribution in [0.3, 0.4) is 0 Å². The fraction of sp³-hybridized carbons (Fsp3) is 0.326. The Kier molecular flexibility index (Phi) is 28.2. The molecular weight excluding hydrogens is 1480 g/mol. The molecule has 3 saturated heterocycles. The van der Waals surface area contributed by atoms with Crippen LogP contribution < -0.4 is 30.7 Å². The van der Waals surface area contributed by atoms with Crippen molar-refractivity contribution in [2.45, 2.75) is 123 Å². The minimum Gasteiger partial charge on any atom is -0.507 e. The summed E-state index contributed by atoms with van der Waals surface area (Å²) in [6.07, 6.45) is 14.4. The molecule has 3 aliphatic heterocycles. The Morgan fingerprint density at radius 2 is 0.853 bits per heavy atom. The minimum absolute atomic E-state index is 0. The maximum Gasteiger partial charge on any atom is 0.299 e. The van der Waals surface area contributed by atoms with Crippen molar-refractivity contribution in [1.82, 2.24) is 36.4 Å². The number of methoxy groups -OCH3 is 1. The summed E-state index contributed by atoms with van der Waals surface area (Å²) >= 11 is 0. The van der Waals surface area contributed by atoms with Crippen molar-refractivity contribution < 1.29 is 82.2 Å². The Morgan fingerprint density at radius 1 is 0.483 bits per heavy atom. The zero-order valence-corrected chi connectivity index (χ0v) is 64.3. The van der Waals surface area contributed by atoms with Crippen molar-refractivity contribution >= 4 is 81.2 Å². The number of ether oxygens (including phenoxy) is 1. The second kappa shape index (κ2) is 38.9. The van der Waals surface area contributed by atoms with Crippen LogP contribution in [0.1, 0.15) is 152 Å². The molecule has 3 aromatic heterocycles. The van der Waals surface area contributed by atoms with Gasteiger partial charge in [0.25, 0.3) is 41.1 Å². The summed E-state index contributed by atoms with van der Waals surface area (Å²) in [7, 11) is 1.56. The number of hydrogen-bond acceptors (Lipinski definition) is 22. The Hall–Kier alpha value is -12.7. The lowest BCUT2D eigenvalue weighted by Crippen LogP contribution is -2.40. The molecular formula is C89H96N10O17. The predicted molar refractivity (Wildman–Crippen MR) is 436 cm³/mol. The number of allylic oxidation sites excluding steroid dienone is 1. The molecule has 14 rings (SSSR count). The molecule has 8 N–H and O–H groups in total. The van der Waals surface area contributed by atoms with Crippen LogP contribution in [0.5, 0.6) is 0 Å². The fourth-order valence-corrected chi connectivity index (χ4v) is 15.7. The van der Waals surface area contributed by atoms with E-state index in [0.717, 1.165) is 86.7 Å². The highest BCUT2D eigenvalue weighted by Crippen LogP contribution is 2.47. The lowest BCUT2D eigenvalue weighted by atomic mass is 9.80. The molecule has 5 aliphatic rings. The molecule has 2 aliphatic carbocycles. The van der Waals surface area contributed by atoms with Crippen LogP contribution in [0.4, 0.5) is 17.1 Å². The number of anilines is 3. The van der Waals surface area contributed by atoms with Gasteiger partial charge in [0.15, 0.2) is 0 Å². The van der Waals surface area contributed by atoms with E-state index in [1.54, 1.807) is 111 Å². The molecule has 6 aromatic carbocycles. The molecule has 5 amide bonds. The van der Waals surface area contributed by atoms with Gasteiger partial charge in [-0.15, -0.1) is 0 Å². The summed E-state index contributed by atoms with van der Waals surface area (Å²) in [6.45, 7) is 10.5. The summed E-state index contributed by atoms with van der Waals surface area (Å²) in [4.78, 5) is 113. The first-order valence-corrected chi connectivity index (χ1v) is 38.7. The number of carbonyl (C=O) groups is 8. The van der Waals surface area contributed by atoms with Crippen LogP contribution in [-0.2, 0) is 28.7 Å². The van der Waals surface area contributed by atoms with Crippen LogP contribution in [0.25, 0.3) is 51.2 Å². The SMILES string of the molecule is C.C=C1C(=O)C(=C(O)c2ccc(C(=O)NCCO)cc2)C(C2CCCCC2)N1c1ccc(-c2ccon2)cc1.CCC(CC)C1C(=C(O)c2ccc(C(=O)NCCO)cc2)C(=O)C(=O)N1c1ccc(-c2noc(C)n2)cc1.COCCNC(=O)c1ccc(C(O)=C2C(=O)C(=O)N(c3ccc(-c4ccon4)cc3)C2C2CCCCC2)cc1. The highest BCUT2D eigenvalue weighted by molar-refractivity contribution is 6.52. The van der Waals surface area contributed by atoms with Gasteiger partial charge in [-0.25, -0.2) is 0 Å². The van der Waals surface area contributed by atoms with Crippen molar-refractivity contribution in [2.75, 3.05) is 61.3 Å². The predicted octanol–water partition coefficient (Wildman–Crippen LogP) is 13.5. The van der Waals surface area contributed by atoms with Crippen molar-refractivity contribution in [1.29, 1.82) is 0 Å². The number of aryl methyl sites for hydroxylation is 1. The molecule has 27 nitrogen and oxygen atoms in total. The van der Waals surface area contributed by atoms with Gasteiger partial charge in [0.2, 0.25) is 17.5 Å². The van der Waals surface area contributed by atoms with Crippen molar-refractivity contribution in [3.63, 3.8) is 0 Å². The van der Waals surface area contributed by atoms with E-state index in [0.29, 0.717) is 105 Å². The number of aromatic nitrogens is 4. The molecule has 604 valence electrons. The number of benzene rings is 6. The maximum atomic E-state index is 13.6. The first-order chi connectivity index (χ1) is 55.8. The number of hydrogen-bond donors (Lipinski definition) is 8. The number of aliphatic hydroxyl groups excluding tert-OH is 5. The topological polar surface area (TPSA) is 384 Å². The largest absolute Gasteiger partial charge is 0.507 e. The lowest BCUT2D eigenvalue weighted by Gasteiger charge is -2.35. The third kappa shape index (κ3) is 18.4. The van der Waals surface area contributed by atoms with E-state index >= 15 is 0 Å². The average Bonchev–Trinajstić information content (AvgIpc) is 1.61. The zero-order valence-electron chi connectivity index (χ0n) is 64.3. The number of nitrogens with one attached hydrogen (secondary N) is 3. The second-order valence-electron chi connectivity index (χ2n) is 28.6. The fourth-order valence-electron chi connectivity index (χ4n) is 15.7. The number of carbonyl (C=O) groups excluding carboxylic acids is 8. The molecule has 6 heterocycles. The highest BCUT2D eigenvalue weighted by Gasteiger charge is 2.51. The van der Waals surface area contributed by atoms with Crippen LogP contribution in [0, 0.1) is 24.7 Å². The molecule has 3 atom stereocenters. The third-order valence-electron chi connectivity index (χ3n) is 21.6. The third-order valence-corrected chi connectivity index (χ3v) is 21.6. The number of aliphatic hydroxyl groups is 5. The van der Waals surface area contributed by atoms with Crippen molar-refractivity contribution in [3.8, 4) is 33.9 Å². The monoisotopic (exact) mass is 1580 g/mol. The highest BCUT2D eigenvalue weighted by atomic mass is 16.5. The molecule has 0 bridgehead atoms. The van der Waals surface area contributed by atoms with Crippen molar-refractivity contribution in [2.24, 2.45) is 17.8 Å². The summed E-state index contributed by atoms with van der Waals surface area (Å²) < 4.78 is 19.9. The zero-order chi connectivity index (χ0) is 81.4. The van der Waals surface area contributed by atoms with E-state index < -0.39 is 35.5 Å². The number of Topliss-reactive ketones (excluding diaryl/α,β-unsaturated/α-hetero) is 3. The van der Waals surface area contributed by atoms with E-state index in [2.05, 4.69) is 43.0 Å².